The fourth-order valence-corrected chi connectivity index (χ4v) is 4.25. The van der Waals surface area contributed by atoms with Crippen molar-refractivity contribution in [3.63, 3.8) is 0 Å². The average Bonchev–Trinajstić information content (AvgIpc) is 3.28. The maximum Gasteiger partial charge on any atom is 0.326 e. The van der Waals surface area contributed by atoms with Crippen LogP contribution in [0.2, 0.25) is 0 Å². The lowest BCUT2D eigenvalue weighted by Crippen LogP contribution is -2.35. The zero-order chi connectivity index (χ0) is 20.5. The van der Waals surface area contributed by atoms with Gasteiger partial charge in [0.25, 0.3) is 0 Å². The number of fused-ring (bicyclic) bond motifs is 2. The molecule has 148 valence electrons. The molecule has 0 bridgehead atoms. The Hall–Kier alpha value is -3.19. The number of amides is 1. The van der Waals surface area contributed by atoms with Gasteiger partial charge in [0.15, 0.2) is 6.29 Å². The first-order valence-electron chi connectivity index (χ1n) is 9.54. The number of hydrogen-bond acceptors (Lipinski definition) is 5. The molecule has 29 heavy (non-hydrogen) atoms. The molecule has 0 spiro atoms. The van der Waals surface area contributed by atoms with Crippen LogP contribution in [0.4, 0.5) is 16.2 Å². The molecular weight excluding hydrogens is 384 g/mol. The molecule has 2 N–H and O–H groups in total. The molecule has 1 unspecified atom stereocenters. The third kappa shape index (κ3) is 3.61. The second-order valence-corrected chi connectivity index (χ2v) is 8.20. The van der Waals surface area contributed by atoms with Crippen molar-refractivity contribution in [2.45, 2.75) is 33.2 Å². The maximum atomic E-state index is 12.7. The number of benzene rings is 1. The number of hydrogen-bond donors (Lipinski definition) is 2. The Kier molecular flexibility index (Phi) is 5.07. The van der Waals surface area contributed by atoms with Crippen LogP contribution in [0, 0.1) is 6.92 Å². The third-order valence-electron chi connectivity index (χ3n) is 5.00. The summed E-state index contributed by atoms with van der Waals surface area (Å²) in [5.41, 5.74) is 4.36. The molecule has 3 heterocycles. The molecule has 4 rings (SSSR count). The largest absolute Gasteiger partial charge is 0.354 e. The van der Waals surface area contributed by atoms with Crippen molar-refractivity contribution in [2.24, 2.45) is 0 Å². The van der Waals surface area contributed by atoms with Gasteiger partial charge in [-0.3, -0.25) is 14.3 Å². The van der Waals surface area contributed by atoms with Crippen LogP contribution in [-0.4, -0.2) is 27.9 Å². The van der Waals surface area contributed by atoms with E-state index in [9.17, 15) is 9.59 Å². The summed E-state index contributed by atoms with van der Waals surface area (Å²) >= 11 is 1.41. The van der Waals surface area contributed by atoms with E-state index in [0.717, 1.165) is 50.9 Å². The van der Waals surface area contributed by atoms with Crippen LogP contribution in [0.15, 0.2) is 42.6 Å². The van der Waals surface area contributed by atoms with Crippen LogP contribution in [-0.2, 0) is 0 Å². The smallest absolute Gasteiger partial charge is 0.326 e. The Bertz CT molecular complexity index is 1220. The quantitative estimate of drug-likeness (QED) is 0.431. The van der Waals surface area contributed by atoms with E-state index in [1.807, 2.05) is 51.1 Å². The second kappa shape index (κ2) is 7.67. The zero-order valence-corrected chi connectivity index (χ0v) is 17.3. The number of aldehydes is 1. The molecule has 0 aliphatic rings. The first kappa shape index (κ1) is 19.1. The van der Waals surface area contributed by atoms with Gasteiger partial charge in [-0.25, -0.2) is 4.79 Å². The second-order valence-electron chi connectivity index (χ2n) is 7.12. The summed E-state index contributed by atoms with van der Waals surface area (Å²) in [6, 6.07) is 11.6. The minimum Gasteiger partial charge on any atom is -0.354 e. The maximum absolute atomic E-state index is 12.7. The number of aryl methyl sites for hydroxylation is 1. The van der Waals surface area contributed by atoms with Gasteiger partial charge in [-0.05, 0) is 56.7 Å². The lowest BCUT2D eigenvalue weighted by molar-refractivity contribution is 0.112. The number of nitrogens with one attached hydrogen (secondary N) is 2. The highest BCUT2D eigenvalue weighted by atomic mass is 32.1. The van der Waals surface area contributed by atoms with Gasteiger partial charge in [-0.1, -0.05) is 6.92 Å². The molecule has 1 atom stereocenters. The van der Waals surface area contributed by atoms with Crippen molar-refractivity contribution in [3.05, 3.63) is 53.2 Å². The fourth-order valence-electron chi connectivity index (χ4n) is 3.35. The lowest BCUT2D eigenvalue weighted by atomic mass is 10.2. The van der Waals surface area contributed by atoms with E-state index in [4.69, 9.17) is 0 Å². The number of anilines is 2. The van der Waals surface area contributed by atoms with E-state index >= 15 is 0 Å². The predicted molar refractivity (Wildman–Crippen MR) is 119 cm³/mol. The number of carbonyl (C=O) groups is 2. The molecule has 6 nitrogen and oxygen atoms in total. The van der Waals surface area contributed by atoms with E-state index in [-0.39, 0.29) is 12.1 Å². The lowest BCUT2D eigenvalue weighted by Gasteiger charge is -2.14. The van der Waals surface area contributed by atoms with Crippen LogP contribution >= 0.6 is 11.3 Å². The Labute approximate surface area is 172 Å². The van der Waals surface area contributed by atoms with Gasteiger partial charge in [0.2, 0.25) is 0 Å². The predicted octanol–water partition coefficient (Wildman–Crippen LogP) is 5.47. The third-order valence-corrected chi connectivity index (χ3v) is 6.08. The topological polar surface area (TPSA) is 76.0 Å². The van der Waals surface area contributed by atoms with Gasteiger partial charge in [-0.2, -0.15) is 0 Å². The van der Waals surface area contributed by atoms with Crippen molar-refractivity contribution >= 4 is 56.1 Å². The summed E-state index contributed by atoms with van der Waals surface area (Å²) in [5.74, 6) is 0. The first-order valence-corrected chi connectivity index (χ1v) is 10.4. The van der Waals surface area contributed by atoms with E-state index in [1.54, 1.807) is 16.8 Å². The van der Waals surface area contributed by atoms with Gasteiger partial charge in [-0.15, -0.1) is 11.3 Å². The van der Waals surface area contributed by atoms with Crippen LogP contribution in [0.1, 0.15) is 35.6 Å². The minimum atomic E-state index is -0.108. The highest BCUT2D eigenvalue weighted by molar-refractivity contribution is 7.21. The molecule has 1 aromatic carbocycles. The summed E-state index contributed by atoms with van der Waals surface area (Å²) in [6.45, 7) is 5.98. The Morgan fingerprint density at radius 1 is 1.28 bits per heavy atom. The van der Waals surface area contributed by atoms with Crippen LogP contribution in [0.5, 0.6) is 0 Å². The molecule has 0 aliphatic carbocycles. The van der Waals surface area contributed by atoms with Crippen LogP contribution in [0.3, 0.4) is 0 Å². The number of thiophene rings is 1. The van der Waals surface area contributed by atoms with Crippen LogP contribution < -0.4 is 10.6 Å². The molecule has 0 saturated heterocycles. The Morgan fingerprint density at radius 2 is 2.10 bits per heavy atom. The Morgan fingerprint density at radius 3 is 2.86 bits per heavy atom. The molecule has 7 heteroatoms. The SMILES string of the molecule is CCC(C)NC(=O)n1c(C)cc2cc(Nc3ccnc4cc(C=O)sc34)ccc21. The normalized spacial score (nSPS) is 12.2. The van der Waals surface area contributed by atoms with Crippen molar-refractivity contribution in [2.75, 3.05) is 5.32 Å². The highest BCUT2D eigenvalue weighted by Gasteiger charge is 2.15. The molecule has 0 saturated carbocycles. The molecule has 0 aliphatic heterocycles. The molecule has 3 aromatic heterocycles. The van der Waals surface area contributed by atoms with E-state index < -0.39 is 0 Å². The zero-order valence-electron chi connectivity index (χ0n) is 16.5. The van der Waals surface area contributed by atoms with Crippen molar-refractivity contribution < 1.29 is 9.59 Å². The molecule has 1 amide bonds. The Balaban J connectivity index is 1.68. The summed E-state index contributed by atoms with van der Waals surface area (Å²) in [6.07, 6.45) is 3.45. The number of rotatable bonds is 5. The number of aromatic nitrogens is 2. The van der Waals surface area contributed by atoms with Crippen molar-refractivity contribution in [1.82, 2.24) is 14.9 Å². The summed E-state index contributed by atoms with van der Waals surface area (Å²) in [7, 11) is 0. The van der Waals surface area contributed by atoms with Gasteiger partial charge >= 0.3 is 6.03 Å². The minimum absolute atomic E-state index is 0.108. The molecule has 4 aromatic rings. The van der Waals surface area contributed by atoms with Gasteiger partial charge in [0.05, 0.1) is 26.3 Å². The first-order chi connectivity index (χ1) is 14.0. The molecule has 0 radical (unpaired) electrons. The van der Waals surface area contributed by atoms with Crippen molar-refractivity contribution in [1.29, 1.82) is 0 Å². The number of nitrogens with zero attached hydrogens (tertiary/aromatic N) is 2. The van der Waals surface area contributed by atoms with Crippen molar-refractivity contribution in [3.8, 4) is 0 Å². The van der Waals surface area contributed by atoms with Gasteiger partial charge < -0.3 is 10.6 Å². The standard InChI is InChI=1S/C22H22N4O2S/c1-4-13(2)24-22(28)26-14(3)9-15-10-16(5-6-20(15)26)25-18-7-8-23-19-11-17(12-27)29-21(18)19/h5-13H,4H2,1-3H3,(H,23,25)(H,24,28). The summed E-state index contributed by atoms with van der Waals surface area (Å²) < 4.78 is 2.65. The molecule has 0 fully saturated rings. The highest BCUT2D eigenvalue weighted by Crippen LogP contribution is 2.32. The van der Waals surface area contributed by atoms with Gasteiger partial charge in [0, 0.05) is 29.0 Å². The van der Waals surface area contributed by atoms with Crippen LogP contribution in [0.25, 0.3) is 21.1 Å². The van der Waals surface area contributed by atoms with E-state index in [1.165, 1.54) is 11.3 Å². The van der Waals surface area contributed by atoms with E-state index in [2.05, 4.69) is 15.6 Å². The van der Waals surface area contributed by atoms with E-state index in [0.29, 0.717) is 4.88 Å². The molecular formula is C22H22N4O2S. The number of carbonyl (C=O) groups excluding carboxylic acids is 2. The summed E-state index contributed by atoms with van der Waals surface area (Å²) in [4.78, 5) is 28.7. The monoisotopic (exact) mass is 406 g/mol. The number of pyridine rings is 1. The average molecular weight is 407 g/mol. The fraction of sp³-hybridized carbons (Fsp3) is 0.227. The van der Waals surface area contributed by atoms with Gasteiger partial charge in [0.1, 0.15) is 0 Å². The summed E-state index contributed by atoms with van der Waals surface area (Å²) in [5, 5.41) is 7.43.